The Morgan fingerprint density at radius 1 is 1.32 bits per heavy atom. The molecule has 1 aromatic carbocycles. The fourth-order valence-corrected chi connectivity index (χ4v) is 2.61. The van der Waals surface area contributed by atoms with Crippen molar-refractivity contribution in [3.05, 3.63) is 30.1 Å². The zero-order valence-corrected chi connectivity index (χ0v) is 12.4. The summed E-state index contributed by atoms with van der Waals surface area (Å²) in [7, 11) is -1.59. The van der Waals surface area contributed by atoms with Gasteiger partial charge in [0.2, 0.25) is 10.0 Å². The molecule has 0 aliphatic carbocycles. The maximum absolute atomic E-state index is 12.7. The van der Waals surface area contributed by atoms with E-state index in [9.17, 15) is 12.8 Å². The highest BCUT2D eigenvalue weighted by Crippen LogP contribution is 2.09. The van der Waals surface area contributed by atoms with E-state index in [2.05, 4.69) is 23.5 Å². The van der Waals surface area contributed by atoms with Crippen LogP contribution in [-0.4, -0.2) is 39.5 Å². The summed E-state index contributed by atoms with van der Waals surface area (Å²) in [6, 6.07) is 5.21. The van der Waals surface area contributed by atoms with Crippen LogP contribution >= 0.6 is 0 Å². The van der Waals surface area contributed by atoms with Gasteiger partial charge in [-0.2, -0.15) is 0 Å². The van der Waals surface area contributed by atoms with Gasteiger partial charge in [-0.3, -0.25) is 0 Å². The highest BCUT2D eigenvalue weighted by Gasteiger charge is 2.14. The molecule has 0 radical (unpaired) electrons. The van der Waals surface area contributed by atoms with Gasteiger partial charge in [0.1, 0.15) is 5.82 Å². The van der Waals surface area contributed by atoms with Gasteiger partial charge in [-0.25, -0.2) is 17.5 Å². The molecule has 0 saturated carbocycles. The van der Waals surface area contributed by atoms with E-state index in [1.165, 1.54) is 12.1 Å². The van der Waals surface area contributed by atoms with E-state index >= 15 is 0 Å². The standard InChI is InChI=1S/C13H21FN2O2S/c1-4-11(2)16(3)10-9-15-19(17,18)13-7-5-12(14)6-8-13/h5-8,11,15H,4,9-10H2,1-3H3. The number of hydrogen-bond acceptors (Lipinski definition) is 3. The van der Waals surface area contributed by atoms with Crippen molar-refractivity contribution in [2.75, 3.05) is 20.1 Å². The summed E-state index contributed by atoms with van der Waals surface area (Å²) in [6.07, 6.45) is 1.02. The van der Waals surface area contributed by atoms with Gasteiger partial charge in [0, 0.05) is 19.1 Å². The van der Waals surface area contributed by atoms with Crippen LogP contribution in [0, 0.1) is 5.82 Å². The first kappa shape index (κ1) is 16.1. The minimum Gasteiger partial charge on any atom is -0.302 e. The molecule has 0 aromatic heterocycles. The first-order valence-electron chi connectivity index (χ1n) is 6.32. The molecular weight excluding hydrogens is 267 g/mol. The lowest BCUT2D eigenvalue weighted by atomic mass is 10.2. The van der Waals surface area contributed by atoms with Gasteiger partial charge >= 0.3 is 0 Å². The minimum atomic E-state index is -3.55. The van der Waals surface area contributed by atoms with Crippen molar-refractivity contribution >= 4 is 10.0 Å². The van der Waals surface area contributed by atoms with Crippen LogP contribution in [0.4, 0.5) is 4.39 Å². The molecule has 0 aliphatic heterocycles. The van der Waals surface area contributed by atoms with Crippen LogP contribution in [0.1, 0.15) is 20.3 Å². The molecule has 6 heteroatoms. The number of nitrogens with one attached hydrogen (secondary N) is 1. The average molecular weight is 288 g/mol. The van der Waals surface area contributed by atoms with E-state index in [1.807, 2.05) is 7.05 Å². The fraction of sp³-hybridized carbons (Fsp3) is 0.538. The first-order chi connectivity index (χ1) is 8.86. The molecule has 0 fully saturated rings. The van der Waals surface area contributed by atoms with Gasteiger partial charge in [0.25, 0.3) is 0 Å². The summed E-state index contributed by atoms with van der Waals surface area (Å²) in [5.74, 6) is -0.449. The molecule has 1 unspecified atom stereocenters. The highest BCUT2D eigenvalue weighted by molar-refractivity contribution is 7.89. The normalized spacial score (nSPS) is 13.7. The maximum Gasteiger partial charge on any atom is 0.240 e. The lowest BCUT2D eigenvalue weighted by Gasteiger charge is -2.23. The van der Waals surface area contributed by atoms with Crippen molar-refractivity contribution in [1.29, 1.82) is 0 Å². The van der Waals surface area contributed by atoms with Crippen LogP contribution in [0.3, 0.4) is 0 Å². The topological polar surface area (TPSA) is 49.4 Å². The van der Waals surface area contributed by atoms with Gasteiger partial charge in [0.15, 0.2) is 0 Å². The SMILES string of the molecule is CCC(C)N(C)CCNS(=O)(=O)c1ccc(F)cc1. The Bertz CT molecular complexity index is 488. The van der Waals surface area contributed by atoms with Gasteiger partial charge in [-0.05, 0) is 44.7 Å². The lowest BCUT2D eigenvalue weighted by Crippen LogP contribution is -2.37. The second-order valence-corrected chi connectivity index (χ2v) is 6.36. The zero-order chi connectivity index (χ0) is 14.5. The second kappa shape index (κ2) is 6.98. The van der Waals surface area contributed by atoms with E-state index in [1.54, 1.807) is 0 Å². The van der Waals surface area contributed by atoms with E-state index in [-0.39, 0.29) is 4.90 Å². The number of hydrogen-bond donors (Lipinski definition) is 1. The highest BCUT2D eigenvalue weighted by atomic mass is 32.2. The Balaban J connectivity index is 2.54. The molecule has 108 valence electrons. The van der Waals surface area contributed by atoms with Gasteiger partial charge in [0.05, 0.1) is 4.90 Å². The summed E-state index contributed by atoms with van der Waals surface area (Å²) >= 11 is 0. The Kier molecular flexibility index (Phi) is 5.90. The van der Waals surface area contributed by atoms with Crippen molar-refractivity contribution < 1.29 is 12.8 Å². The third kappa shape index (κ3) is 4.89. The van der Waals surface area contributed by atoms with E-state index in [4.69, 9.17) is 0 Å². The molecule has 1 N–H and O–H groups in total. The molecule has 1 rings (SSSR count). The Labute approximate surface area is 114 Å². The lowest BCUT2D eigenvalue weighted by molar-refractivity contribution is 0.256. The van der Waals surface area contributed by atoms with E-state index in [0.717, 1.165) is 18.6 Å². The zero-order valence-electron chi connectivity index (χ0n) is 11.6. The van der Waals surface area contributed by atoms with Crippen LogP contribution in [-0.2, 0) is 10.0 Å². The predicted octanol–water partition coefficient (Wildman–Crippen LogP) is 1.83. The smallest absolute Gasteiger partial charge is 0.240 e. The van der Waals surface area contributed by atoms with Crippen LogP contribution < -0.4 is 4.72 Å². The van der Waals surface area contributed by atoms with Crippen molar-refractivity contribution in [3.63, 3.8) is 0 Å². The predicted molar refractivity (Wildman–Crippen MR) is 74.0 cm³/mol. The molecule has 0 bridgehead atoms. The third-order valence-corrected chi connectivity index (χ3v) is 4.70. The van der Waals surface area contributed by atoms with Gasteiger partial charge in [-0.1, -0.05) is 6.92 Å². The molecule has 1 atom stereocenters. The van der Waals surface area contributed by atoms with Crippen molar-refractivity contribution in [3.8, 4) is 0 Å². The molecule has 1 aromatic rings. The molecule has 0 saturated heterocycles. The molecular formula is C13H21FN2O2S. The molecule has 0 spiro atoms. The molecule has 19 heavy (non-hydrogen) atoms. The third-order valence-electron chi connectivity index (χ3n) is 3.22. The van der Waals surface area contributed by atoms with Crippen LogP contribution in [0.25, 0.3) is 0 Å². The Morgan fingerprint density at radius 2 is 1.89 bits per heavy atom. The summed E-state index contributed by atoms with van der Waals surface area (Å²) in [5, 5.41) is 0. The molecule has 0 heterocycles. The van der Waals surface area contributed by atoms with E-state index in [0.29, 0.717) is 19.1 Å². The first-order valence-corrected chi connectivity index (χ1v) is 7.80. The Morgan fingerprint density at radius 3 is 2.42 bits per heavy atom. The number of halogens is 1. The summed E-state index contributed by atoms with van der Waals surface area (Å²) in [6.45, 7) is 5.15. The molecule has 4 nitrogen and oxygen atoms in total. The van der Waals surface area contributed by atoms with Gasteiger partial charge < -0.3 is 4.90 Å². The number of rotatable bonds is 7. The van der Waals surface area contributed by atoms with Crippen LogP contribution in [0.2, 0.25) is 0 Å². The van der Waals surface area contributed by atoms with Crippen molar-refractivity contribution in [2.24, 2.45) is 0 Å². The summed E-state index contributed by atoms with van der Waals surface area (Å²) in [5.41, 5.74) is 0. The fourth-order valence-electron chi connectivity index (χ4n) is 1.59. The summed E-state index contributed by atoms with van der Waals surface area (Å²) in [4.78, 5) is 2.17. The maximum atomic E-state index is 12.7. The van der Waals surface area contributed by atoms with Crippen LogP contribution in [0.15, 0.2) is 29.2 Å². The molecule has 0 aliphatic rings. The molecule has 0 amide bonds. The largest absolute Gasteiger partial charge is 0.302 e. The number of benzene rings is 1. The monoisotopic (exact) mass is 288 g/mol. The van der Waals surface area contributed by atoms with E-state index < -0.39 is 15.8 Å². The summed E-state index contributed by atoms with van der Waals surface area (Å²) < 4.78 is 39.1. The quantitative estimate of drug-likeness (QED) is 0.833. The average Bonchev–Trinajstić information content (AvgIpc) is 2.37. The minimum absolute atomic E-state index is 0.0834. The second-order valence-electron chi connectivity index (χ2n) is 4.59. The van der Waals surface area contributed by atoms with Crippen molar-refractivity contribution in [2.45, 2.75) is 31.2 Å². The number of likely N-dealkylation sites (N-methyl/N-ethyl adjacent to an activating group) is 1. The van der Waals surface area contributed by atoms with Crippen LogP contribution in [0.5, 0.6) is 0 Å². The number of nitrogens with zero attached hydrogens (tertiary/aromatic N) is 1. The van der Waals surface area contributed by atoms with Gasteiger partial charge in [-0.15, -0.1) is 0 Å². The Hall–Kier alpha value is -0.980. The number of sulfonamides is 1. The van der Waals surface area contributed by atoms with Crippen molar-refractivity contribution in [1.82, 2.24) is 9.62 Å².